The number of nitrogens with two attached hydrogens (primary N) is 1. The largest absolute Gasteiger partial charge is 0.330 e. The highest BCUT2D eigenvalue weighted by Crippen LogP contribution is 2.34. The van der Waals surface area contributed by atoms with Crippen LogP contribution >= 0.6 is 15.9 Å². The molecule has 82 valence electrons. The Balaban J connectivity index is 2.28. The third-order valence-corrected chi connectivity index (χ3v) is 3.74. The normalized spacial score (nSPS) is 25.7. The van der Waals surface area contributed by atoms with Crippen LogP contribution in [0.3, 0.4) is 0 Å². The van der Waals surface area contributed by atoms with Crippen LogP contribution in [0.15, 0.2) is 28.7 Å². The first-order chi connectivity index (χ1) is 7.27. The van der Waals surface area contributed by atoms with Gasteiger partial charge in [-0.2, -0.15) is 0 Å². The Kier molecular flexibility index (Phi) is 3.44. The molecule has 0 aromatic heterocycles. The zero-order valence-electron chi connectivity index (χ0n) is 8.80. The molecule has 0 saturated carbocycles. The minimum atomic E-state index is 0.134. The molecule has 1 aliphatic rings. The van der Waals surface area contributed by atoms with E-state index in [9.17, 15) is 0 Å². The van der Waals surface area contributed by atoms with Crippen molar-refractivity contribution >= 4 is 15.9 Å². The lowest BCUT2D eigenvalue weighted by Gasteiger charge is -2.30. The summed E-state index contributed by atoms with van der Waals surface area (Å²) in [7, 11) is 0. The van der Waals surface area contributed by atoms with E-state index in [4.69, 9.17) is 5.73 Å². The van der Waals surface area contributed by atoms with Gasteiger partial charge in [0, 0.05) is 10.0 Å². The van der Waals surface area contributed by atoms with Gasteiger partial charge < -0.3 is 11.1 Å². The maximum absolute atomic E-state index is 5.71. The Morgan fingerprint density at radius 3 is 2.60 bits per heavy atom. The van der Waals surface area contributed by atoms with Gasteiger partial charge in [-0.3, -0.25) is 0 Å². The van der Waals surface area contributed by atoms with Gasteiger partial charge in [-0.05, 0) is 50.0 Å². The van der Waals surface area contributed by atoms with Gasteiger partial charge in [0.1, 0.15) is 0 Å². The zero-order chi connectivity index (χ0) is 10.7. The summed E-state index contributed by atoms with van der Waals surface area (Å²) in [6, 6.07) is 8.59. The predicted molar refractivity (Wildman–Crippen MR) is 66.7 cm³/mol. The van der Waals surface area contributed by atoms with Crippen molar-refractivity contribution in [3.8, 4) is 0 Å². The second-order valence-electron chi connectivity index (χ2n) is 4.16. The first-order valence-corrected chi connectivity index (χ1v) is 6.27. The van der Waals surface area contributed by atoms with Crippen molar-refractivity contribution in [1.82, 2.24) is 5.32 Å². The number of hydrogen-bond donors (Lipinski definition) is 2. The van der Waals surface area contributed by atoms with E-state index in [1.165, 1.54) is 18.4 Å². The van der Waals surface area contributed by atoms with Gasteiger partial charge in [0.15, 0.2) is 0 Å². The number of benzene rings is 1. The number of halogens is 1. The predicted octanol–water partition coefficient (Wildman–Crippen LogP) is 2.38. The summed E-state index contributed by atoms with van der Waals surface area (Å²) in [6.45, 7) is 1.85. The Morgan fingerprint density at radius 1 is 1.33 bits per heavy atom. The van der Waals surface area contributed by atoms with Crippen molar-refractivity contribution in [2.75, 3.05) is 13.1 Å². The lowest BCUT2D eigenvalue weighted by Crippen LogP contribution is -2.38. The van der Waals surface area contributed by atoms with E-state index < -0.39 is 0 Å². The summed E-state index contributed by atoms with van der Waals surface area (Å²) in [4.78, 5) is 0. The maximum Gasteiger partial charge on any atom is 0.0447 e. The third kappa shape index (κ3) is 2.25. The zero-order valence-corrected chi connectivity index (χ0v) is 10.4. The molecule has 1 fully saturated rings. The van der Waals surface area contributed by atoms with Gasteiger partial charge in [0.2, 0.25) is 0 Å². The summed E-state index contributed by atoms with van der Waals surface area (Å²) >= 11 is 3.47. The molecule has 0 bridgehead atoms. The standard InChI is InChI=1S/C12H17BrN2/c13-11-4-2-10(3-5-11)12(7-8-14)6-1-9-15-12/h2-5,15H,1,6-9,14H2. The molecule has 3 heteroatoms. The molecule has 0 radical (unpaired) electrons. The van der Waals surface area contributed by atoms with Crippen molar-refractivity contribution in [2.45, 2.75) is 24.8 Å². The van der Waals surface area contributed by atoms with Crippen LogP contribution in [0.2, 0.25) is 0 Å². The molecule has 0 amide bonds. The fraction of sp³-hybridized carbons (Fsp3) is 0.500. The highest BCUT2D eigenvalue weighted by atomic mass is 79.9. The molecule has 1 aliphatic heterocycles. The van der Waals surface area contributed by atoms with Crippen molar-refractivity contribution < 1.29 is 0 Å². The maximum atomic E-state index is 5.71. The fourth-order valence-electron chi connectivity index (χ4n) is 2.43. The molecule has 1 atom stereocenters. The van der Waals surface area contributed by atoms with Crippen LogP contribution in [0.1, 0.15) is 24.8 Å². The summed E-state index contributed by atoms with van der Waals surface area (Å²) < 4.78 is 1.13. The van der Waals surface area contributed by atoms with Crippen molar-refractivity contribution in [1.29, 1.82) is 0 Å². The van der Waals surface area contributed by atoms with E-state index in [2.05, 4.69) is 45.5 Å². The van der Waals surface area contributed by atoms with Gasteiger partial charge >= 0.3 is 0 Å². The van der Waals surface area contributed by atoms with E-state index in [1.807, 2.05) is 0 Å². The van der Waals surface area contributed by atoms with Crippen LogP contribution in [0.5, 0.6) is 0 Å². The molecule has 1 aromatic rings. The lowest BCUT2D eigenvalue weighted by atomic mass is 9.85. The Morgan fingerprint density at radius 2 is 2.07 bits per heavy atom. The highest BCUT2D eigenvalue weighted by molar-refractivity contribution is 9.10. The highest BCUT2D eigenvalue weighted by Gasteiger charge is 2.33. The number of nitrogens with one attached hydrogen (secondary N) is 1. The molecule has 0 spiro atoms. The molecular weight excluding hydrogens is 252 g/mol. The molecule has 15 heavy (non-hydrogen) atoms. The minimum absolute atomic E-state index is 0.134. The second kappa shape index (κ2) is 4.64. The summed E-state index contributed by atoms with van der Waals surface area (Å²) in [5, 5.41) is 3.61. The van der Waals surface area contributed by atoms with Gasteiger partial charge in [-0.1, -0.05) is 28.1 Å². The van der Waals surface area contributed by atoms with Crippen molar-refractivity contribution in [2.24, 2.45) is 5.73 Å². The number of rotatable bonds is 3. The van der Waals surface area contributed by atoms with Gasteiger partial charge in [0.05, 0.1) is 0 Å². The van der Waals surface area contributed by atoms with Gasteiger partial charge in [-0.25, -0.2) is 0 Å². The van der Waals surface area contributed by atoms with Crippen LogP contribution in [-0.2, 0) is 5.54 Å². The van der Waals surface area contributed by atoms with Crippen LogP contribution in [0.25, 0.3) is 0 Å². The SMILES string of the molecule is NCCC1(c2ccc(Br)cc2)CCCN1. The summed E-state index contributed by atoms with van der Waals surface area (Å²) in [5.41, 5.74) is 7.22. The van der Waals surface area contributed by atoms with Crippen LogP contribution in [0.4, 0.5) is 0 Å². The second-order valence-corrected chi connectivity index (χ2v) is 5.07. The van der Waals surface area contributed by atoms with Crippen LogP contribution < -0.4 is 11.1 Å². The molecule has 2 rings (SSSR count). The topological polar surface area (TPSA) is 38.0 Å². The molecule has 1 heterocycles. The molecular formula is C12H17BrN2. The smallest absolute Gasteiger partial charge is 0.0447 e. The average molecular weight is 269 g/mol. The first kappa shape index (κ1) is 11.1. The van der Waals surface area contributed by atoms with E-state index in [1.54, 1.807) is 0 Å². The lowest BCUT2D eigenvalue weighted by molar-refractivity contribution is 0.365. The molecule has 3 N–H and O–H groups in total. The fourth-order valence-corrected chi connectivity index (χ4v) is 2.69. The molecule has 0 aliphatic carbocycles. The molecule has 1 saturated heterocycles. The van der Waals surface area contributed by atoms with E-state index in [-0.39, 0.29) is 5.54 Å². The van der Waals surface area contributed by atoms with Crippen LogP contribution in [-0.4, -0.2) is 13.1 Å². The monoisotopic (exact) mass is 268 g/mol. The van der Waals surface area contributed by atoms with Gasteiger partial charge in [-0.15, -0.1) is 0 Å². The summed E-state index contributed by atoms with van der Waals surface area (Å²) in [5.74, 6) is 0. The summed E-state index contributed by atoms with van der Waals surface area (Å²) in [6.07, 6.45) is 3.47. The van der Waals surface area contributed by atoms with Crippen molar-refractivity contribution in [3.63, 3.8) is 0 Å². The molecule has 2 nitrogen and oxygen atoms in total. The molecule has 1 unspecified atom stereocenters. The van der Waals surface area contributed by atoms with E-state index >= 15 is 0 Å². The number of hydrogen-bond acceptors (Lipinski definition) is 2. The van der Waals surface area contributed by atoms with Crippen molar-refractivity contribution in [3.05, 3.63) is 34.3 Å². The Labute approximate surface area is 99.4 Å². The average Bonchev–Trinajstić information content (AvgIpc) is 2.69. The Hall–Kier alpha value is -0.380. The first-order valence-electron chi connectivity index (χ1n) is 5.48. The van der Waals surface area contributed by atoms with E-state index in [0.29, 0.717) is 0 Å². The van der Waals surface area contributed by atoms with E-state index in [0.717, 1.165) is 24.0 Å². The third-order valence-electron chi connectivity index (χ3n) is 3.21. The van der Waals surface area contributed by atoms with Gasteiger partial charge in [0.25, 0.3) is 0 Å². The Bertz CT molecular complexity index is 315. The molecule has 1 aromatic carbocycles. The minimum Gasteiger partial charge on any atom is -0.330 e. The quantitative estimate of drug-likeness (QED) is 0.884. The van der Waals surface area contributed by atoms with Crippen LogP contribution in [0, 0.1) is 0 Å².